The van der Waals surface area contributed by atoms with E-state index in [1.54, 1.807) is 11.3 Å². The fraction of sp³-hybridized carbons (Fsp3) is 0.421. The average molecular weight is 330 g/mol. The number of rotatable bonds is 7. The molecule has 0 aliphatic carbocycles. The molecule has 0 aliphatic heterocycles. The molecule has 0 fully saturated rings. The van der Waals surface area contributed by atoms with E-state index in [2.05, 4.69) is 61.8 Å². The molecule has 1 aromatic heterocycles. The Morgan fingerprint density at radius 1 is 1.22 bits per heavy atom. The first-order valence-corrected chi connectivity index (χ1v) is 8.90. The molecule has 1 aromatic carbocycles. The van der Waals surface area contributed by atoms with Crippen molar-refractivity contribution in [1.82, 2.24) is 10.2 Å². The van der Waals surface area contributed by atoms with Crippen molar-refractivity contribution in [2.45, 2.75) is 33.4 Å². The quantitative estimate of drug-likeness (QED) is 0.832. The first kappa shape index (κ1) is 17.7. The van der Waals surface area contributed by atoms with Gasteiger partial charge in [-0.3, -0.25) is 9.69 Å². The Balaban J connectivity index is 1.88. The van der Waals surface area contributed by atoms with Crippen LogP contribution in [0, 0.1) is 12.8 Å². The van der Waals surface area contributed by atoms with Gasteiger partial charge in [-0.15, -0.1) is 11.3 Å². The summed E-state index contributed by atoms with van der Waals surface area (Å²) in [6.45, 7) is 7.54. The Kier molecular flexibility index (Phi) is 6.37. The molecule has 4 heteroatoms. The molecule has 0 spiro atoms. The molecular weight excluding hydrogens is 304 g/mol. The number of hydrogen-bond acceptors (Lipinski definition) is 3. The van der Waals surface area contributed by atoms with Gasteiger partial charge in [-0.25, -0.2) is 0 Å². The number of likely N-dealkylation sites (N-methyl/N-ethyl adjacent to an activating group) is 1. The topological polar surface area (TPSA) is 32.3 Å². The number of carbonyl (C=O) groups is 1. The fourth-order valence-electron chi connectivity index (χ4n) is 2.56. The van der Waals surface area contributed by atoms with Gasteiger partial charge in [-0.2, -0.15) is 0 Å². The van der Waals surface area contributed by atoms with Crippen molar-refractivity contribution < 1.29 is 4.79 Å². The zero-order valence-electron chi connectivity index (χ0n) is 14.4. The lowest BCUT2D eigenvalue weighted by Crippen LogP contribution is -2.38. The Morgan fingerprint density at radius 2 is 1.91 bits per heavy atom. The average Bonchev–Trinajstić information content (AvgIpc) is 3.00. The Bertz CT molecular complexity index is 605. The van der Waals surface area contributed by atoms with Crippen LogP contribution in [0.2, 0.25) is 0 Å². The lowest BCUT2D eigenvalue weighted by atomic mass is 10.0. The molecule has 0 saturated heterocycles. The number of hydrogen-bond donors (Lipinski definition) is 1. The second-order valence-corrected chi connectivity index (χ2v) is 7.44. The number of carbonyl (C=O) groups excluding carboxylic acids is 1. The van der Waals surface area contributed by atoms with Gasteiger partial charge in [0.05, 0.1) is 12.6 Å². The maximum atomic E-state index is 12.4. The molecule has 0 radical (unpaired) electrons. The van der Waals surface area contributed by atoms with Crippen molar-refractivity contribution in [3.63, 3.8) is 0 Å². The van der Waals surface area contributed by atoms with Crippen molar-refractivity contribution in [3.05, 3.63) is 57.8 Å². The van der Waals surface area contributed by atoms with E-state index < -0.39 is 0 Å². The minimum atomic E-state index is 0.0757. The summed E-state index contributed by atoms with van der Waals surface area (Å²) in [5.74, 6) is 0.451. The third-order valence-electron chi connectivity index (χ3n) is 3.82. The minimum absolute atomic E-state index is 0.0757. The molecule has 1 N–H and O–H groups in total. The summed E-state index contributed by atoms with van der Waals surface area (Å²) in [6.07, 6.45) is 0. The van der Waals surface area contributed by atoms with Crippen LogP contribution < -0.4 is 5.32 Å². The SMILES string of the molecule is Cc1ccc(CN(C)CC(=O)N[C@@H](c2cccs2)C(C)C)cc1. The lowest BCUT2D eigenvalue weighted by molar-refractivity contribution is -0.123. The summed E-state index contributed by atoms with van der Waals surface area (Å²) in [5, 5.41) is 5.23. The lowest BCUT2D eigenvalue weighted by Gasteiger charge is -2.23. The van der Waals surface area contributed by atoms with Crippen LogP contribution in [-0.4, -0.2) is 24.4 Å². The number of thiophene rings is 1. The van der Waals surface area contributed by atoms with Crippen molar-refractivity contribution in [2.24, 2.45) is 5.92 Å². The molecule has 0 unspecified atom stereocenters. The molecule has 2 aromatic rings. The van der Waals surface area contributed by atoms with E-state index in [9.17, 15) is 4.79 Å². The number of nitrogens with zero attached hydrogens (tertiary/aromatic N) is 1. The zero-order chi connectivity index (χ0) is 16.8. The van der Waals surface area contributed by atoms with E-state index in [0.717, 1.165) is 6.54 Å². The van der Waals surface area contributed by atoms with Crippen molar-refractivity contribution in [2.75, 3.05) is 13.6 Å². The number of nitrogens with one attached hydrogen (secondary N) is 1. The van der Waals surface area contributed by atoms with Gasteiger partial charge in [0.1, 0.15) is 0 Å². The van der Waals surface area contributed by atoms with Gasteiger partial charge in [-0.1, -0.05) is 49.7 Å². The van der Waals surface area contributed by atoms with E-state index in [1.165, 1.54) is 16.0 Å². The van der Waals surface area contributed by atoms with Gasteiger partial charge in [0, 0.05) is 11.4 Å². The smallest absolute Gasteiger partial charge is 0.234 e. The molecule has 23 heavy (non-hydrogen) atoms. The fourth-order valence-corrected chi connectivity index (χ4v) is 3.51. The predicted octanol–water partition coefficient (Wildman–Crippen LogP) is 4.00. The largest absolute Gasteiger partial charge is 0.347 e. The molecule has 2 rings (SSSR count). The van der Waals surface area contributed by atoms with E-state index in [1.807, 2.05) is 18.0 Å². The van der Waals surface area contributed by atoms with Gasteiger partial charge >= 0.3 is 0 Å². The van der Waals surface area contributed by atoms with Crippen LogP contribution in [-0.2, 0) is 11.3 Å². The highest BCUT2D eigenvalue weighted by atomic mass is 32.1. The van der Waals surface area contributed by atoms with Gasteiger partial charge in [0.2, 0.25) is 5.91 Å². The van der Waals surface area contributed by atoms with Crippen LogP contribution in [0.25, 0.3) is 0 Å². The molecule has 124 valence electrons. The molecule has 0 saturated carbocycles. The van der Waals surface area contributed by atoms with Crippen LogP contribution in [0.4, 0.5) is 0 Å². The molecular formula is C19H26N2OS. The third-order valence-corrected chi connectivity index (χ3v) is 4.77. The second-order valence-electron chi connectivity index (χ2n) is 6.46. The van der Waals surface area contributed by atoms with Crippen molar-refractivity contribution in [3.8, 4) is 0 Å². The summed E-state index contributed by atoms with van der Waals surface area (Å²) in [7, 11) is 1.98. The third kappa shape index (κ3) is 5.48. The van der Waals surface area contributed by atoms with E-state index in [-0.39, 0.29) is 11.9 Å². The molecule has 0 bridgehead atoms. The summed E-state index contributed by atoms with van der Waals surface area (Å²) >= 11 is 1.70. The minimum Gasteiger partial charge on any atom is -0.347 e. The first-order valence-electron chi connectivity index (χ1n) is 8.02. The van der Waals surface area contributed by atoms with Crippen LogP contribution >= 0.6 is 11.3 Å². The standard InChI is InChI=1S/C19H26N2OS/c1-14(2)19(17-6-5-11-23-17)20-18(22)13-21(4)12-16-9-7-15(3)8-10-16/h5-11,14,19H,12-13H2,1-4H3,(H,20,22)/t19-/m1/s1. The van der Waals surface area contributed by atoms with Crippen molar-refractivity contribution in [1.29, 1.82) is 0 Å². The van der Waals surface area contributed by atoms with Crippen molar-refractivity contribution >= 4 is 17.2 Å². The molecule has 1 amide bonds. The summed E-state index contributed by atoms with van der Waals surface area (Å²) in [5.41, 5.74) is 2.48. The molecule has 3 nitrogen and oxygen atoms in total. The Morgan fingerprint density at radius 3 is 2.48 bits per heavy atom. The van der Waals surface area contributed by atoms with Gasteiger partial charge in [0.15, 0.2) is 0 Å². The molecule has 1 atom stereocenters. The van der Waals surface area contributed by atoms with Gasteiger partial charge < -0.3 is 5.32 Å². The Hall–Kier alpha value is -1.65. The monoisotopic (exact) mass is 330 g/mol. The summed E-state index contributed by atoms with van der Waals surface area (Å²) in [4.78, 5) is 15.6. The van der Waals surface area contributed by atoms with E-state index >= 15 is 0 Å². The number of amides is 1. The van der Waals surface area contributed by atoms with E-state index in [0.29, 0.717) is 12.5 Å². The van der Waals surface area contributed by atoms with Crippen LogP contribution in [0.5, 0.6) is 0 Å². The number of benzene rings is 1. The van der Waals surface area contributed by atoms with Crippen LogP contribution in [0.1, 0.15) is 35.9 Å². The highest BCUT2D eigenvalue weighted by molar-refractivity contribution is 7.10. The highest BCUT2D eigenvalue weighted by Gasteiger charge is 2.19. The van der Waals surface area contributed by atoms with Gasteiger partial charge in [0.25, 0.3) is 0 Å². The van der Waals surface area contributed by atoms with Crippen LogP contribution in [0.15, 0.2) is 41.8 Å². The Labute approximate surface area is 143 Å². The highest BCUT2D eigenvalue weighted by Crippen LogP contribution is 2.25. The van der Waals surface area contributed by atoms with Crippen LogP contribution in [0.3, 0.4) is 0 Å². The maximum absolute atomic E-state index is 12.4. The van der Waals surface area contributed by atoms with E-state index in [4.69, 9.17) is 0 Å². The second kappa shape index (κ2) is 8.27. The zero-order valence-corrected chi connectivity index (χ0v) is 15.2. The normalized spacial score (nSPS) is 12.6. The molecule has 1 heterocycles. The maximum Gasteiger partial charge on any atom is 0.234 e. The first-order chi connectivity index (χ1) is 11.0. The summed E-state index contributed by atoms with van der Waals surface area (Å²) < 4.78 is 0. The molecule has 0 aliphatic rings. The predicted molar refractivity (Wildman–Crippen MR) is 97.6 cm³/mol. The summed E-state index contributed by atoms with van der Waals surface area (Å²) in [6, 6.07) is 12.7. The number of aryl methyl sites for hydroxylation is 1. The van der Waals surface area contributed by atoms with Gasteiger partial charge in [-0.05, 0) is 36.9 Å².